The highest BCUT2D eigenvalue weighted by Crippen LogP contribution is 2.11. The van der Waals surface area contributed by atoms with Gasteiger partial charge in [0, 0.05) is 0 Å². The minimum Gasteiger partial charge on any atom is -0.478 e. The Morgan fingerprint density at radius 2 is 0.818 bits per heavy atom. The van der Waals surface area contributed by atoms with E-state index in [1.165, 1.54) is 35.0 Å². The average Bonchev–Trinajstić information content (AvgIpc) is 2.55. The summed E-state index contributed by atoms with van der Waals surface area (Å²) in [6.45, 7) is 0. The van der Waals surface area contributed by atoms with Crippen LogP contribution in [0.2, 0.25) is 0 Å². The van der Waals surface area contributed by atoms with Gasteiger partial charge in [-0.15, -0.1) is 0 Å². The molecule has 22 heavy (non-hydrogen) atoms. The molecule has 0 unspecified atom stereocenters. The number of carboxylic acid groups (broad SMARTS) is 2. The van der Waals surface area contributed by atoms with Crippen molar-refractivity contribution in [1.82, 2.24) is 0 Å². The van der Waals surface area contributed by atoms with Crippen LogP contribution in [0, 0.1) is 0 Å². The van der Waals surface area contributed by atoms with Crippen molar-refractivity contribution in [1.29, 1.82) is 0 Å². The highest BCUT2D eigenvalue weighted by atomic mass is 16.4. The molecular formula is C18H14O4. The number of aromatic carboxylic acids is 2. The molecule has 4 heteroatoms. The molecule has 0 aromatic heterocycles. The van der Waals surface area contributed by atoms with Gasteiger partial charge in [-0.05, 0) is 35.0 Å². The molecular weight excluding hydrogens is 280 g/mol. The molecule has 110 valence electrons. The first-order chi connectivity index (χ1) is 10.6. The molecule has 0 amide bonds. The van der Waals surface area contributed by atoms with Crippen molar-refractivity contribution in [2.75, 3.05) is 0 Å². The summed E-state index contributed by atoms with van der Waals surface area (Å²) in [5.41, 5.74) is 0.167. The van der Waals surface area contributed by atoms with E-state index in [1.807, 2.05) is 0 Å². The summed E-state index contributed by atoms with van der Waals surface area (Å²) in [7, 11) is 0. The minimum absolute atomic E-state index is 0.0833. The molecule has 0 aliphatic heterocycles. The summed E-state index contributed by atoms with van der Waals surface area (Å²) in [5.74, 6) is -2.13. The summed E-state index contributed by atoms with van der Waals surface area (Å²) in [4.78, 5) is 20.7. The average molecular weight is 294 g/mol. The fourth-order valence-electron chi connectivity index (χ4n) is 1.89. The molecule has 0 spiro atoms. The van der Waals surface area contributed by atoms with E-state index in [0.29, 0.717) is 0 Å². The van der Waals surface area contributed by atoms with E-state index in [9.17, 15) is 9.59 Å². The Morgan fingerprint density at radius 3 is 1.05 bits per heavy atom. The van der Waals surface area contributed by atoms with Crippen LogP contribution < -0.4 is 0 Å². The van der Waals surface area contributed by atoms with Crippen LogP contribution in [0.15, 0.2) is 72.8 Å². The second-order valence-electron chi connectivity index (χ2n) is 4.53. The quantitative estimate of drug-likeness (QED) is 0.751. The third-order valence-electron chi connectivity index (χ3n) is 3.04. The Bertz CT molecular complexity index is 693. The number of hydrogen-bond acceptors (Lipinski definition) is 2. The van der Waals surface area contributed by atoms with Gasteiger partial charge in [0.15, 0.2) is 0 Å². The van der Waals surface area contributed by atoms with Gasteiger partial charge in [-0.25, -0.2) is 9.59 Å². The molecule has 0 fully saturated rings. The molecule has 3 rings (SSSR count). The van der Waals surface area contributed by atoms with E-state index in [4.69, 9.17) is 10.2 Å². The van der Waals surface area contributed by atoms with E-state index in [-0.39, 0.29) is 11.1 Å². The molecule has 2 N–H and O–H groups in total. The van der Waals surface area contributed by atoms with Gasteiger partial charge in [-0.2, -0.15) is 0 Å². The van der Waals surface area contributed by atoms with Crippen LogP contribution in [-0.4, -0.2) is 22.2 Å². The molecule has 3 aromatic carbocycles. The number of rotatable bonds is 2. The summed E-state index contributed by atoms with van der Waals surface area (Å²) in [6.07, 6.45) is 0. The van der Waals surface area contributed by atoms with E-state index < -0.39 is 11.9 Å². The van der Waals surface area contributed by atoms with E-state index in [2.05, 4.69) is 48.5 Å². The van der Waals surface area contributed by atoms with Gasteiger partial charge >= 0.3 is 11.9 Å². The summed E-state index contributed by atoms with van der Waals surface area (Å²) in [6, 6.07) is 21.7. The predicted octanol–water partition coefficient (Wildman–Crippen LogP) is 3.92. The fourth-order valence-corrected chi connectivity index (χ4v) is 1.89. The fraction of sp³-hybridized carbons (Fsp3) is 0. The zero-order chi connectivity index (χ0) is 15.9. The molecule has 0 heterocycles. The second-order valence-corrected chi connectivity index (χ2v) is 4.53. The van der Waals surface area contributed by atoms with E-state index >= 15 is 0 Å². The molecule has 0 saturated carbocycles. The smallest absolute Gasteiger partial charge is 0.335 e. The SMILES string of the molecule is O=C(O)c1ccc(C(=O)O)cc1.c1ccc2ccccc2c1. The van der Waals surface area contributed by atoms with Gasteiger partial charge in [-0.3, -0.25) is 0 Å². The highest BCUT2D eigenvalue weighted by Gasteiger charge is 2.04. The lowest BCUT2D eigenvalue weighted by Crippen LogP contribution is -1.99. The molecule has 0 bridgehead atoms. The third kappa shape index (κ3) is 3.93. The topological polar surface area (TPSA) is 74.6 Å². The van der Waals surface area contributed by atoms with E-state index in [1.54, 1.807) is 0 Å². The highest BCUT2D eigenvalue weighted by molar-refractivity contribution is 5.91. The standard InChI is InChI=1S/C10H8.C8H6O4/c1-2-6-10-8-4-3-7-9(10)5-1;9-7(10)5-1-2-6(4-3-5)8(11)12/h1-8H;1-4H,(H,9,10)(H,11,12). The van der Waals surface area contributed by atoms with Crippen LogP contribution in [0.25, 0.3) is 10.8 Å². The summed E-state index contributed by atoms with van der Waals surface area (Å²) in [5, 5.41) is 19.6. The lowest BCUT2D eigenvalue weighted by atomic mass is 10.1. The van der Waals surface area contributed by atoms with Crippen LogP contribution in [0.3, 0.4) is 0 Å². The Morgan fingerprint density at radius 1 is 0.545 bits per heavy atom. The predicted molar refractivity (Wildman–Crippen MR) is 84.3 cm³/mol. The molecule has 0 aliphatic carbocycles. The van der Waals surface area contributed by atoms with Crippen molar-refractivity contribution in [3.63, 3.8) is 0 Å². The first-order valence-corrected chi connectivity index (χ1v) is 6.58. The Balaban J connectivity index is 0.000000162. The van der Waals surface area contributed by atoms with Gasteiger partial charge in [-0.1, -0.05) is 48.5 Å². The van der Waals surface area contributed by atoms with E-state index in [0.717, 1.165) is 0 Å². The Labute approximate surface area is 127 Å². The Hall–Kier alpha value is -3.14. The zero-order valence-corrected chi connectivity index (χ0v) is 11.6. The van der Waals surface area contributed by atoms with Crippen molar-refractivity contribution in [2.45, 2.75) is 0 Å². The molecule has 4 nitrogen and oxygen atoms in total. The van der Waals surface area contributed by atoms with Crippen LogP contribution in [0.5, 0.6) is 0 Å². The molecule has 0 radical (unpaired) electrons. The monoisotopic (exact) mass is 294 g/mol. The largest absolute Gasteiger partial charge is 0.478 e. The number of carbonyl (C=O) groups is 2. The van der Waals surface area contributed by atoms with Crippen LogP contribution >= 0.6 is 0 Å². The first-order valence-electron chi connectivity index (χ1n) is 6.58. The van der Waals surface area contributed by atoms with Gasteiger partial charge in [0.2, 0.25) is 0 Å². The first kappa shape index (κ1) is 15.3. The normalized spacial score (nSPS) is 9.64. The van der Waals surface area contributed by atoms with Crippen molar-refractivity contribution in [3.8, 4) is 0 Å². The molecule has 3 aromatic rings. The molecule has 0 aliphatic rings. The third-order valence-corrected chi connectivity index (χ3v) is 3.04. The maximum absolute atomic E-state index is 10.3. The Kier molecular flexibility index (Phi) is 4.88. The van der Waals surface area contributed by atoms with Crippen molar-refractivity contribution in [2.24, 2.45) is 0 Å². The maximum atomic E-state index is 10.3. The maximum Gasteiger partial charge on any atom is 0.335 e. The lowest BCUT2D eigenvalue weighted by molar-refractivity contribution is 0.0681. The van der Waals surface area contributed by atoms with Gasteiger partial charge in [0.1, 0.15) is 0 Å². The number of benzene rings is 3. The van der Waals surface area contributed by atoms with Crippen LogP contribution in [0.1, 0.15) is 20.7 Å². The minimum atomic E-state index is -1.06. The van der Waals surface area contributed by atoms with Crippen LogP contribution in [-0.2, 0) is 0 Å². The zero-order valence-electron chi connectivity index (χ0n) is 11.6. The second kappa shape index (κ2) is 7.04. The molecule has 0 atom stereocenters. The lowest BCUT2D eigenvalue weighted by Gasteiger charge is -1.94. The van der Waals surface area contributed by atoms with Gasteiger partial charge < -0.3 is 10.2 Å². The van der Waals surface area contributed by atoms with Crippen molar-refractivity contribution in [3.05, 3.63) is 83.9 Å². The van der Waals surface area contributed by atoms with Crippen LogP contribution in [0.4, 0.5) is 0 Å². The van der Waals surface area contributed by atoms with Gasteiger partial charge in [0.05, 0.1) is 11.1 Å². The number of hydrogen-bond donors (Lipinski definition) is 2. The summed E-state index contributed by atoms with van der Waals surface area (Å²) < 4.78 is 0. The molecule has 0 saturated heterocycles. The summed E-state index contributed by atoms with van der Waals surface area (Å²) >= 11 is 0. The number of fused-ring (bicyclic) bond motifs is 1. The van der Waals surface area contributed by atoms with Gasteiger partial charge in [0.25, 0.3) is 0 Å². The van der Waals surface area contributed by atoms with Crippen molar-refractivity contribution < 1.29 is 19.8 Å². The number of carboxylic acids is 2. The van der Waals surface area contributed by atoms with Crippen molar-refractivity contribution >= 4 is 22.7 Å².